The minimum atomic E-state index is -0.504. The number of carbonyl (C=O) groups is 2. The van der Waals surface area contributed by atoms with Gasteiger partial charge in [-0.2, -0.15) is 0 Å². The molecule has 0 saturated carbocycles. The lowest BCUT2D eigenvalue weighted by molar-refractivity contribution is -0.121. The number of amides is 2. The molecule has 2 unspecified atom stereocenters. The molecule has 2 aliphatic rings. The second-order valence-corrected chi connectivity index (χ2v) is 7.40. The van der Waals surface area contributed by atoms with Gasteiger partial charge in [0.1, 0.15) is 11.9 Å². The minimum Gasteiger partial charge on any atom is -0.443 e. The summed E-state index contributed by atoms with van der Waals surface area (Å²) in [6, 6.07) is 4.79. The molecule has 1 aromatic rings. The van der Waals surface area contributed by atoms with E-state index >= 15 is 0 Å². The van der Waals surface area contributed by atoms with Crippen LogP contribution < -0.4 is 20.9 Å². The van der Waals surface area contributed by atoms with Crippen molar-refractivity contribution in [1.82, 2.24) is 5.32 Å². The monoisotopic (exact) mass is 408 g/mol. The highest BCUT2D eigenvalue weighted by Gasteiger charge is 2.33. The first-order valence-electron chi connectivity index (χ1n) is 10.1. The van der Waals surface area contributed by atoms with E-state index in [2.05, 4.69) is 5.32 Å². The number of ether oxygens (including phenoxy) is 2. The average molecular weight is 408 g/mol. The summed E-state index contributed by atoms with van der Waals surface area (Å²) in [6.45, 7) is 5.59. The second-order valence-electron chi connectivity index (χ2n) is 7.40. The molecule has 9 heteroatoms. The largest absolute Gasteiger partial charge is 0.443 e. The third-order valence-electron chi connectivity index (χ3n) is 5.27. The number of nitrogens with one attached hydrogen (secondary N) is 1. The van der Waals surface area contributed by atoms with Crippen molar-refractivity contribution in [2.24, 2.45) is 11.7 Å². The van der Waals surface area contributed by atoms with Gasteiger partial charge < -0.3 is 25.4 Å². The summed E-state index contributed by atoms with van der Waals surface area (Å²) in [6.07, 6.45) is 0.705. The van der Waals surface area contributed by atoms with Crippen molar-refractivity contribution in [3.63, 3.8) is 0 Å². The number of hydrogen-bond acceptors (Lipinski definition) is 6. The topological polar surface area (TPSA) is 97.1 Å². The van der Waals surface area contributed by atoms with Gasteiger partial charge in [-0.05, 0) is 24.6 Å². The first-order valence-corrected chi connectivity index (χ1v) is 10.1. The van der Waals surface area contributed by atoms with Crippen molar-refractivity contribution in [2.45, 2.75) is 25.9 Å². The lowest BCUT2D eigenvalue weighted by Crippen LogP contribution is -2.37. The van der Waals surface area contributed by atoms with Crippen LogP contribution in [0, 0.1) is 11.7 Å². The zero-order valence-electron chi connectivity index (χ0n) is 16.7. The van der Waals surface area contributed by atoms with Crippen LogP contribution in [-0.2, 0) is 14.3 Å². The molecule has 2 aliphatic heterocycles. The molecule has 2 fully saturated rings. The fraction of sp³-hybridized carbons (Fsp3) is 0.600. The Morgan fingerprint density at radius 3 is 2.79 bits per heavy atom. The smallest absolute Gasteiger partial charge is 0.414 e. The number of primary amides is 1. The molecule has 160 valence electrons. The number of hydrogen-bond donors (Lipinski definition) is 2. The lowest BCUT2D eigenvalue weighted by atomic mass is 10.0. The molecule has 0 radical (unpaired) electrons. The molecule has 2 amide bonds. The van der Waals surface area contributed by atoms with Gasteiger partial charge in [-0.25, -0.2) is 9.18 Å². The number of nitrogens with zero attached hydrogens (tertiary/aromatic N) is 2. The molecular formula is C20H29FN4O4. The van der Waals surface area contributed by atoms with Gasteiger partial charge in [0, 0.05) is 26.2 Å². The lowest BCUT2D eigenvalue weighted by Gasteiger charge is -2.29. The zero-order chi connectivity index (χ0) is 20.8. The van der Waals surface area contributed by atoms with E-state index in [0.717, 1.165) is 6.42 Å². The van der Waals surface area contributed by atoms with Crippen molar-refractivity contribution in [3.8, 4) is 0 Å². The van der Waals surface area contributed by atoms with Crippen molar-refractivity contribution >= 4 is 23.4 Å². The second kappa shape index (κ2) is 9.89. The summed E-state index contributed by atoms with van der Waals surface area (Å²) in [5.74, 6) is -0.946. The van der Waals surface area contributed by atoms with E-state index in [9.17, 15) is 14.0 Å². The van der Waals surface area contributed by atoms with Crippen LogP contribution in [0.1, 0.15) is 19.8 Å². The van der Waals surface area contributed by atoms with Crippen LogP contribution in [0.4, 0.5) is 20.6 Å². The Bertz CT molecular complexity index is 726. The Balaban J connectivity index is 1.56. The van der Waals surface area contributed by atoms with Crippen molar-refractivity contribution < 1.29 is 23.5 Å². The Hall–Kier alpha value is -2.39. The highest BCUT2D eigenvalue weighted by molar-refractivity contribution is 5.90. The Morgan fingerprint density at radius 1 is 1.38 bits per heavy atom. The van der Waals surface area contributed by atoms with Crippen molar-refractivity contribution in [3.05, 3.63) is 24.0 Å². The number of nitrogens with two attached hydrogens (primary N) is 1. The van der Waals surface area contributed by atoms with Gasteiger partial charge in [-0.3, -0.25) is 9.69 Å². The van der Waals surface area contributed by atoms with Crippen LogP contribution in [0.25, 0.3) is 0 Å². The maximum Gasteiger partial charge on any atom is 0.414 e. The number of carbonyl (C=O) groups excluding carboxylic acids is 2. The van der Waals surface area contributed by atoms with Gasteiger partial charge in [0.15, 0.2) is 0 Å². The fourth-order valence-electron chi connectivity index (χ4n) is 3.68. The molecule has 0 aromatic heterocycles. The van der Waals surface area contributed by atoms with E-state index in [-0.39, 0.29) is 23.7 Å². The van der Waals surface area contributed by atoms with Crippen molar-refractivity contribution in [1.29, 1.82) is 0 Å². The molecule has 3 rings (SSSR count). The van der Waals surface area contributed by atoms with E-state index in [0.29, 0.717) is 63.7 Å². The standard InChI is InChI=1S/C20H29FN4O4/c1-2-3-14(19(22)26)11-23-12-16-13-25(20(27)29-16)15-4-5-18(17(21)10-15)24-6-8-28-9-7-24/h4-5,10,14,16,23H,2-3,6-9,11-13H2,1H3,(H2,22,26). The molecule has 0 bridgehead atoms. The number of benzene rings is 1. The van der Waals surface area contributed by atoms with E-state index < -0.39 is 6.09 Å². The number of halogens is 1. The Labute approximate surface area is 170 Å². The van der Waals surface area contributed by atoms with E-state index in [4.69, 9.17) is 15.2 Å². The Morgan fingerprint density at radius 2 is 2.14 bits per heavy atom. The molecule has 0 spiro atoms. The van der Waals surface area contributed by atoms with Gasteiger partial charge >= 0.3 is 6.09 Å². The van der Waals surface area contributed by atoms with Crippen molar-refractivity contribution in [2.75, 3.05) is 55.7 Å². The van der Waals surface area contributed by atoms with Gasteiger partial charge in [0.25, 0.3) is 0 Å². The number of rotatable bonds is 9. The summed E-state index contributed by atoms with van der Waals surface area (Å²) in [5.41, 5.74) is 6.38. The summed E-state index contributed by atoms with van der Waals surface area (Å²) >= 11 is 0. The third kappa shape index (κ3) is 5.36. The highest BCUT2D eigenvalue weighted by atomic mass is 19.1. The van der Waals surface area contributed by atoms with Gasteiger partial charge in [0.2, 0.25) is 5.91 Å². The van der Waals surface area contributed by atoms with Crippen LogP contribution in [-0.4, -0.2) is 64.0 Å². The SMILES string of the molecule is CCCC(CNCC1CN(c2ccc(N3CCOCC3)c(F)c2)C(=O)O1)C(N)=O. The molecule has 2 atom stereocenters. The molecule has 0 aliphatic carbocycles. The molecule has 2 heterocycles. The first kappa shape index (κ1) is 21.3. The maximum atomic E-state index is 14.6. The normalized spacial score (nSPS) is 20.6. The molecule has 29 heavy (non-hydrogen) atoms. The summed E-state index contributed by atoms with van der Waals surface area (Å²) in [7, 11) is 0. The zero-order valence-corrected chi connectivity index (χ0v) is 16.7. The molecular weight excluding hydrogens is 379 g/mol. The van der Waals surface area contributed by atoms with Gasteiger partial charge in [-0.1, -0.05) is 13.3 Å². The highest BCUT2D eigenvalue weighted by Crippen LogP contribution is 2.28. The molecule has 3 N–H and O–H groups in total. The summed E-state index contributed by atoms with van der Waals surface area (Å²) in [5, 5.41) is 3.15. The predicted molar refractivity (Wildman–Crippen MR) is 108 cm³/mol. The summed E-state index contributed by atoms with van der Waals surface area (Å²) < 4.78 is 25.3. The van der Waals surface area contributed by atoms with E-state index in [1.807, 2.05) is 11.8 Å². The van der Waals surface area contributed by atoms with Gasteiger partial charge in [-0.15, -0.1) is 0 Å². The molecule has 1 aromatic carbocycles. The Kier molecular flexibility index (Phi) is 7.27. The van der Waals surface area contributed by atoms with Crippen LogP contribution in [0.2, 0.25) is 0 Å². The van der Waals surface area contributed by atoms with Crippen LogP contribution >= 0.6 is 0 Å². The fourth-order valence-corrected chi connectivity index (χ4v) is 3.68. The van der Waals surface area contributed by atoms with E-state index in [1.54, 1.807) is 12.1 Å². The predicted octanol–water partition coefficient (Wildman–Crippen LogP) is 1.48. The number of anilines is 2. The van der Waals surface area contributed by atoms with Crippen LogP contribution in [0.3, 0.4) is 0 Å². The number of morpholine rings is 1. The molecule has 8 nitrogen and oxygen atoms in total. The number of cyclic esters (lactones) is 1. The van der Waals surface area contributed by atoms with Crippen LogP contribution in [0.15, 0.2) is 18.2 Å². The van der Waals surface area contributed by atoms with Crippen LogP contribution in [0.5, 0.6) is 0 Å². The minimum absolute atomic E-state index is 0.241. The average Bonchev–Trinajstić information content (AvgIpc) is 3.08. The third-order valence-corrected chi connectivity index (χ3v) is 5.27. The maximum absolute atomic E-state index is 14.6. The first-order chi connectivity index (χ1) is 14.0. The quantitative estimate of drug-likeness (QED) is 0.642. The van der Waals surface area contributed by atoms with Gasteiger partial charge in [0.05, 0.1) is 37.1 Å². The molecule has 2 saturated heterocycles. The summed E-state index contributed by atoms with van der Waals surface area (Å²) in [4.78, 5) is 27.0. The van der Waals surface area contributed by atoms with E-state index in [1.165, 1.54) is 11.0 Å².